The molecule has 0 saturated carbocycles. The summed E-state index contributed by atoms with van der Waals surface area (Å²) in [6.45, 7) is 6.09. The molecule has 0 heterocycles. The summed E-state index contributed by atoms with van der Waals surface area (Å²) in [6.07, 6.45) is 1.15. The molecule has 0 aliphatic rings. The lowest BCUT2D eigenvalue weighted by Gasteiger charge is -2.19. The summed E-state index contributed by atoms with van der Waals surface area (Å²) < 4.78 is 7.21. The predicted molar refractivity (Wildman–Crippen MR) is 91.6 cm³/mol. The molecule has 0 fully saturated rings. The first-order valence-corrected chi connectivity index (χ1v) is 8.21. The zero-order valence-corrected chi connectivity index (χ0v) is 14.2. The maximum Gasteiger partial charge on any atom is 0.138 e. The smallest absolute Gasteiger partial charge is 0.138 e. The predicted octanol–water partition coefficient (Wildman–Crippen LogP) is 5.09. The fourth-order valence-electron chi connectivity index (χ4n) is 2.19. The highest BCUT2D eigenvalue weighted by molar-refractivity contribution is 9.10. The van der Waals surface area contributed by atoms with E-state index in [-0.39, 0.29) is 6.10 Å². The number of hydrogen-bond donors (Lipinski definition) is 1. The van der Waals surface area contributed by atoms with Gasteiger partial charge in [0.15, 0.2) is 0 Å². The van der Waals surface area contributed by atoms with Crippen LogP contribution in [-0.2, 0) is 6.54 Å². The second-order valence-electron chi connectivity index (χ2n) is 5.08. The van der Waals surface area contributed by atoms with Crippen LogP contribution >= 0.6 is 15.9 Å². The summed E-state index contributed by atoms with van der Waals surface area (Å²) in [5.74, 6) is 0.928. The van der Waals surface area contributed by atoms with Gasteiger partial charge in [-0.2, -0.15) is 0 Å². The first-order valence-electron chi connectivity index (χ1n) is 7.42. The average Bonchev–Trinajstić information content (AvgIpc) is 2.51. The summed E-state index contributed by atoms with van der Waals surface area (Å²) in [4.78, 5) is 0. The van der Waals surface area contributed by atoms with E-state index in [1.54, 1.807) is 0 Å². The van der Waals surface area contributed by atoms with Crippen LogP contribution < -0.4 is 10.1 Å². The largest absolute Gasteiger partial charge is 0.485 e. The van der Waals surface area contributed by atoms with E-state index in [1.165, 1.54) is 11.1 Å². The molecule has 21 heavy (non-hydrogen) atoms. The van der Waals surface area contributed by atoms with Crippen molar-refractivity contribution in [3.8, 4) is 5.75 Å². The summed E-state index contributed by atoms with van der Waals surface area (Å²) in [5.41, 5.74) is 2.36. The van der Waals surface area contributed by atoms with Crippen LogP contribution in [-0.4, -0.2) is 6.54 Å². The topological polar surface area (TPSA) is 21.3 Å². The third kappa shape index (κ3) is 4.58. The molecule has 0 saturated heterocycles. The SMILES string of the molecule is CCCNCc1cccc(Br)c1OC(C)c1ccccc1. The van der Waals surface area contributed by atoms with Gasteiger partial charge in [0.2, 0.25) is 0 Å². The van der Waals surface area contributed by atoms with Crippen LogP contribution in [0.15, 0.2) is 53.0 Å². The lowest BCUT2D eigenvalue weighted by molar-refractivity contribution is 0.222. The Labute approximate surface area is 135 Å². The minimum atomic E-state index is 0.0230. The fraction of sp³-hybridized carbons (Fsp3) is 0.333. The Balaban J connectivity index is 2.14. The first-order chi connectivity index (χ1) is 10.2. The van der Waals surface area contributed by atoms with Crippen molar-refractivity contribution in [1.82, 2.24) is 5.32 Å². The lowest BCUT2D eigenvalue weighted by Crippen LogP contribution is -2.15. The summed E-state index contributed by atoms with van der Waals surface area (Å²) in [5, 5.41) is 3.43. The number of rotatable bonds is 7. The summed E-state index contributed by atoms with van der Waals surface area (Å²) >= 11 is 3.60. The van der Waals surface area contributed by atoms with Crippen LogP contribution in [0.3, 0.4) is 0 Å². The standard InChI is InChI=1S/C18H22BrNO/c1-3-12-20-13-16-10-7-11-17(19)18(16)21-14(2)15-8-5-4-6-9-15/h4-11,14,20H,3,12-13H2,1-2H3. The van der Waals surface area contributed by atoms with E-state index in [2.05, 4.69) is 53.3 Å². The molecule has 0 radical (unpaired) electrons. The average molecular weight is 348 g/mol. The number of hydrogen-bond acceptors (Lipinski definition) is 2. The number of benzene rings is 2. The Morgan fingerprint density at radius 1 is 1.10 bits per heavy atom. The van der Waals surface area contributed by atoms with Crippen LogP contribution in [0.5, 0.6) is 5.75 Å². The van der Waals surface area contributed by atoms with Crippen molar-refractivity contribution in [2.24, 2.45) is 0 Å². The van der Waals surface area contributed by atoms with Crippen molar-refractivity contribution >= 4 is 15.9 Å². The summed E-state index contributed by atoms with van der Waals surface area (Å²) in [7, 11) is 0. The monoisotopic (exact) mass is 347 g/mol. The maximum atomic E-state index is 6.21. The fourth-order valence-corrected chi connectivity index (χ4v) is 2.69. The van der Waals surface area contributed by atoms with E-state index in [1.807, 2.05) is 30.3 Å². The Kier molecular flexibility index (Phi) is 6.27. The van der Waals surface area contributed by atoms with Gasteiger partial charge in [-0.3, -0.25) is 0 Å². The van der Waals surface area contributed by atoms with Crippen molar-refractivity contribution in [3.63, 3.8) is 0 Å². The van der Waals surface area contributed by atoms with Gasteiger partial charge in [-0.1, -0.05) is 49.4 Å². The number of para-hydroxylation sites is 1. The molecular formula is C18H22BrNO. The van der Waals surface area contributed by atoms with Gasteiger partial charge in [0.1, 0.15) is 11.9 Å². The molecule has 2 rings (SSSR count). The number of ether oxygens (including phenoxy) is 1. The molecule has 0 aromatic heterocycles. The van der Waals surface area contributed by atoms with E-state index in [0.717, 1.165) is 29.7 Å². The molecule has 0 spiro atoms. The van der Waals surface area contributed by atoms with Gasteiger partial charge in [-0.15, -0.1) is 0 Å². The van der Waals surface area contributed by atoms with Gasteiger partial charge >= 0.3 is 0 Å². The quantitative estimate of drug-likeness (QED) is 0.704. The van der Waals surface area contributed by atoms with E-state index >= 15 is 0 Å². The zero-order valence-electron chi connectivity index (χ0n) is 12.6. The van der Waals surface area contributed by atoms with E-state index in [4.69, 9.17) is 4.74 Å². The summed E-state index contributed by atoms with van der Waals surface area (Å²) in [6, 6.07) is 16.5. The van der Waals surface area contributed by atoms with Crippen LogP contribution in [0, 0.1) is 0 Å². The third-order valence-electron chi connectivity index (χ3n) is 3.35. The molecule has 1 N–H and O–H groups in total. The van der Waals surface area contributed by atoms with Gasteiger partial charge in [0, 0.05) is 12.1 Å². The second-order valence-corrected chi connectivity index (χ2v) is 5.93. The molecule has 0 aliphatic heterocycles. The molecule has 1 atom stereocenters. The minimum absolute atomic E-state index is 0.0230. The lowest BCUT2D eigenvalue weighted by atomic mass is 10.1. The Morgan fingerprint density at radius 3 is 2.57 bits per heavy atom. The van der Waals surface area contributed by atoms with Crippen molar-refractivity contribution in [3.05, 3.63) is 64.1 Å². The second kappa shape index (κ2) is 8.20. The van der Waals surface area contributed by atoms with Gasteiger partial charge in [0.25, 0.3) is 0 Å². The molecule has 2 nitrogen and oxygen atoms in total. The molecule has 1 unspecified atom stereocenters. The van der Waals surface area contributed by atoms with Gasteiger partial charge in [0.05, 0.1) is 4.47 Å². The van der Waals surface area contributed by atoms with Gasteiger partial charge in [-0.25, -0.2) is 0 Å². The molecule has 3 heteroatoms. The van der Waals surface area contributed by atoms with Crippen molar-refractivity contribution in [2.75, 3.05) is 6.54 Å². The highest BCUT2D eigenvalue weighted by Crippen LogP contribution is 2.32. The van der Waals surface area contributed by atoms with Gasteiger partial charge < -0.3 is 10.1 Å². The number of halogens is 1. The highest BCUT2D eigenvalue weighted by Gasteiger charge is 2.13. The molecular weight excluding hydrogens is 326 g/mol. The molecule has 0 amide bonds. The van der Waals surface area contributed by atoms with Crippen molar-refractivity contribution in [2.45, 2.75) is 32.9 Å². The molecule has 0 bridgehead atoms. The van der Waals surface area contributed by atoms with Gasteiger partial charge in [-0.05, 0) is 47.4 Å². The van der Waals surface area contributed by atoms with Crippen LogP contribution in [0.1, 0.15) is 37.5 Å². The Hall–Kier alpha value is -1.32. The van der Waals surface area contributed by atoms with E-state index < -0.39 is 0 Å². The normalized spacial score (nSPS) is 12.1. The number of nitrogens with one attached hydrogen (secondary N) is 1. The first kappa shape index (κ1) is 16.1. The van der Waals surface area contributed by atoms with E-state index in [0.29, 0.717) is 0 Å². The molecule has 2 aromatic rings. The maximum absolute atomic E-state index is 6.21. The van der Waals surface area contributed by atoms with Crippen LogP contribution in [0.4, 0.5) is 0 Å². The molecule has 2 aromatic carbocycles. The zero-order chi connectivity index (χ0) is 15.1. The Morgan fingerprint density at radius 2 is 1.86 bits per heavy atom. The third-order valence-corrected chi connectivity index (χ3v) is 3.98. The highest BCUT2D eigenvalue weighted by atomic mass is 79.9. The van der Waals surface area contributed by atoms with Crippen LogP contribution in [0.25, 0.3) is 0 Å². The Bertz CT molecular complexity index is 556. The van der Waals surface area contributed by atoms with E-state index in [9.17, 15) is 0 Å². The van der Waals surface area contributed by atoms with Crippen LogP contribution in [0.2, 0.25) is 0 Å². The molecule has 0 aliphatic carbocycles. The van der Waals surface area contributed by atoms with Crippen molar-refractivity contribution in [1.29, 1.82) is 0 Å². The van der Waals surface area contributed by atoms with Crippen molar-refractivity contribution < 1.29 is 4.74 Å². The minimum Gasteiger partial charge on any atom is -0.485 e. The molecule has 112 valence electrons.